The number of carbonyl (C=O) groups is 1. The van der Waals surface area contributed by atoms with Gasteiger partial charge in [-0.15, -0.1) is 0 Å². The van der Waals surface area contributed by atoms with E-state index in [1.165, 1.54) is 25.3 Å². The van der Waals surface area contributed by atoms with E-state index in [4.69, 9.17) is 4.74 Å². The van der Waals surface area contributed by atoms with Crippen molar-refractivity contribution in [3.8, 4) is 5.75 Å². The van der Waals surface area contributed by atoms with E-state index in [-0.39, 0.29) is 24.4 Å². The summed E-state index contributed by atoms with van der Waals surface area (Å²) in [6, 6.07) is 4.00. The number of halogens is 4. The highest BCUT2D eigenvalue weighted by Gasteiger charge is 2.55. The van der Waals surface area contributed by atoms with Gasteiger partial charge in [-0.2, -0.15) is 13.2 Å². The Morgan fingerprint density at radius 1 is 1.32 bits per heavy atom. The van der Waals surface area contributed by atoms with Gasteiger partial charge in [0.2, 0.25) is 0 Å². The summed E-state index contributed by atoms with van der Waals surface area (Å²) in [4.78, 5) is 13.3. The lowest BCUT2D eigenvalue weighted by Crippen LogP contribution is -2.54. The van der Waals surface area contributed by atoms with Gasteiger partial charge in [0.05, 0.1) is 12.7 Å². The Hall–Kier alpha value is -1.83. The van der Waals surface area contributed by atoms with Crippen molar-refractivity contribution in [1.82, 2.24) is 4.90 Å². The number of ether oxygens (including phenoxy) is 1. The van der Waals surface area contributed by atoms with Crippen molar-refractivity contribution >= 4 is 5.91 Å². The molecule has 1 N–H and O–H groups in total. The number of methoxy groups -OCH3 is 1. The molecule has 1 heterocycles. The highest BCUT2D eigenvalue weighted by atomic mass is 19.4. The second-order valence-corrected chi connectivity index (χ2v) is 5.14. The number of hydrogen-bond acceptors (Lipinski definition) is 3. The van der Waals surface area contributed by atoms with Gasteiger partial charge in [-0.3, -0.25) is 4.79 Å². The van der Waals surface area contributed by atoms with Crippen LogP contribution in [0, 0.1) is 5.82 Å². The lowest BCUT2D eigenvalue weighted by molar-refractivity contribution is -0.271. The highest BCUT2D eigenvalue weighted by molar-refractivity contribution is 5.95. The van der Waals surface area contributed by atoms with E-state index in [1.807, 2.05) is 0 Å². The largest absolute Gasteiger partial charge is 0.494 e. The van der Waals surface area contributed by atoms with Crippen molar-refractivity contribution < 1.29 is 32.2 Å². The smallest absolute Gasteiger partial charge is 0.417 e. The molecular weight excluding hydrogens is 306 g/mol. The summed E-state index contributed by atoms with van der Waals surface area (Å²) in [5.74, 6) is -1.69. The molecule has 1 amide bonds. The molecule has 0 aliphatic carbocycles. The zero-order valence-electron chi connectivity index (χ0n) is 11.8. The number of piperidine rings is 1. The Kier molecular flexibility index (Phi) is 4.32. The summed E-state index contributed by atoms with van der Waals surface area (Å²) < 4.78 is 56.9. The van der Waals surface area contributed by atoms with Crippen molar-refractivity contribution in [1.29, 1.82) is 0 Å². The molecule has 0 spiro atoms. The van der Waals surface area contributed by atoms with Crippen molar-refractivity contribution in [2.45, 2.75) is 24.6 Å². The highest BCUT2D eigenvalue weighted by Crippen LogP contribution is 2.38. The minimum atomic E-state index is -4.75. The monoisotopic (exact) mass is 321 g/mol. The van der Waals surface area contributed by atoms with Crippen LogP contribution in [0.1, 0.15) is 23.2 Å². The maximum absolute atomic E-state index is 14.0. The van der Waals surface area contributed by atoms with Crippen LogP contribution < -0.4 is 4.74 Å². The van der Waals surface area contributed by atoms with Crippen molar-refractivity contribution in [3.05, 3.63) is 29.6 Å². The van der Waals surface area contributed by atoms with Gasteiger partial charge in [0.1, 0.15) is 0 Å². The van der Waals surface area contributed by atoms with E-state index < -0.39 is 36.3 Å². The Labute approximate surface area is 124 Å². The van der Waals surface area contributed by atoms with Crippen LogP contribution in [-0.4, -0.2) is 47.9 Å². The van der Waals surface area contributed by atoms with Crippen molar-refractivity contribution in [2.24, 2.45) is 0 Å². The number of nitrogens with zero attached hydrogens (tertiary/aromatic N) is 1. The topological polar surface area (TPSA) is 49.8 Å². The normalized spacial score (nSPS) is 18.2. The van der Waals surface area contributed by atoms with Gasteiger partial charge < -0.3 is 14.7 Å². The van der Waals surface area contributed by atoms with E-state index in [2.05, 4.69) is 0 Å². The summed E-state index contributed by atoms with van der Waals surface area (Å²) in [6.45, 7) is -0.600. The minimum Gasteiger partial charge on any atom is -0.494 e. The number of likely N-dealkylation sites (tertiary alicyclic amines) is 1. The number of alkyl halides is 3. The molecule has 1 saturated heterocycles. The van der Waals surface area contributed by atoms with E-state index in [1.54, 1.807) is 0 Å². The third-order valence-electron chi connectivity index (χ3n) is 3.82. The molecule has 1 aliphatic rings. The second-order valence-electron chi connectivity index (χ2n) is 5.14. The molecule has 4 nitrogen and oxygen atoms in total. The van der Waals surface area contributed by atoms with Crippen LogP contribution in [0.2, 0.25) is 0 Å². The number of hydrogen-bond donors (Lipinski definition) is 1. The van der Waals surface area contributed by atoms with Gasteiger partial charge in [0.25, 0.3) is 5.91 Å². The summed E-state index contributed by atoms with van der Waals surface area (Å²) in [7, 11) is 1.25. The molecule has 0 radical (unpaired) electrons. The molecule has 22 heavy (non-hydrogen) atoms. The molecule has 2 rings (SSSR count). The first-order chi connectivity index (χ1) is 10.2. The first kappa shape index (κ1) is 16.5. The molecule has 1 aromatic rings. The molecule has 1 aliphatic heterocycles. The molecule has 0 saturated carbocycles. The van der Waals surface area contributed by atoms with Gasteiger partial charge in [0.15, 0.2) is 17.2 Å². The average molecular weight is 321 g/mol. The first-order valence-electron chi connectivity index (χ1n) is 6.60. The zero-order valence-corrected chi connectivity index (χ0v) is 11.8. The van der Waals surface area contributed by atoms with Crippen LogP contribution in [0.4, 0.5) is 17.6 Å². The third kappa shape index (κ3) is 2.87. The van der Waals surface area contributed by atoms with E-state index in [0.29, 0.717) is 0 Å². The third-order valence-corrected chi connectivity index (χ3v) is 3.82. The number of carbonyl (C=O) groups excluding carboxylic acids is 1. The van der Waals surface area contributed by atoms with Crippen LogP contribution in [0.5, 0.6) is 5.75 Å². The van der Waals surface area contributed by atoms with Crippen molar-refractivity contribution in [3.63, 3.8) is 0 Å². The predicted octanol–water partition coefficient (Wildman–Crippen LogP) is 2.36. The lowest BCUT2D eigenvalue weighted by Gasteiger charge is -2.39. The molecule has 1 fully saturated rings. The lowest BCUT2D eigenvalue weighted by atomic mass is 9.90. The van der Waals surface area contributed by atoms with Gasteiger partial charge in [-0.1, -0.05) is 6.07 Å². The molecule has 8 heteroatoms. The summed E-state index contributed by atoms with van der Waals surface area (Å²) in [5.41, 5.74) is -3.06. The van der Waals surface area contributed by atoms with Crippen LogP contribution in [0.25, 0.3) is 0 Å². The average Bonchev–Trinajstić information content (AvgIpc) is 2.46. The Bertz CT molecular complexity index is 566. The maximum atomic E-state index is 14.0. The fourth-order valence-corrected chi connectivity index (χ4v) is 2.37. The maximum Gasteiger partial charge on any atom is 0.417 e. The van der Waals surface area contributed by atoms with E-state index in [9.17, 15) is 27.5 Å². The second kappa shape index (κ2) is 5.75. The van der Waals surface area contributed by atoms with Crippen LogP contribution in [0.15, 0.2) is 18.2 Å². The zero-order chi connectivity index (χ0) is 16.5. The SMILES string of the molecule is COc1cccc(C(=O)N2CCC(O)(C(F)(F)F)CC2)c1F. The Morgan fingerprint density at radius 2 is 1.91 bits per heavy atom. The molecular formula is C14H15F4NO3. The molecule has 0 aromatic heterocycles. The minimum absolute atomic E-state index is 0.116. The number of rotatable bonds is 2. The fourth-order valence-electron chi connectivity index (χ4n) is 2.37. The van der Waals surface area contributed by atoms with Gasteiger partial charge >= 0.3 is 6.18 Å². The van der Waals surface area contributed by atoms with E-state index in [0.717, 1.165) is 4.90 Å². The molecule has 0 unspecified atom stereocenters. The van der Waals surface area contributed by atoms with Crippen LogP contribution in [0.3, 0.4) is 0 Å². The van der Waals surface area contributed by atoms with Gasteiger partial charge in [-0.05, 0) is 12.1 Å². The molecule has 1 aromatic carbocycles. The molecule has 0 atom stereocenters. The molecule has 122 valence electrons. The van der Waals surface area contributed by atoms with Gasteiger partial charge in [-0.25, -0.2) is 4.39 Å². The Morgan fingerprint density at radius 3 is 2.41 bits per heavy atom. The summed E-state index contributed by atoms with van der Waals surface area (Å²) in [5, 5.41) is 9.56. The quantitative estimate of drug-likeness (QED) is 0.851. The van der Waals surface area contributed by atoms with Crippen LogP contribution in [-0.2, 0) is 0 Å². The number of benzene rings is 1. The van der Waals surface area contributed by atoms with Crippen LogP contribution >= 0.6 is 0 Å². The predicted molar refractivity (Wildman–Crippen MR) is 69.1 cm³/mol. The summed E-state index contributed by atoms with van der Waals surface area (Å²) >= 11 is 0. The first-order valence-corrected chi connectivity index (χ1v) is 6.60. The standard InChI is InChI=1S/C14H15F4NO3/c1-22-10-4-2-3-9(11(10)15)12(20)19-7-5-13(21,6-8-19)14(16,17)18/h2-4,21H,5-8H2,1H3. The number of aliphatic hydroxyl groups is 1. The summed E-state index contributed by atoms with van der Waals surface area (Å²) in [6.07, 6.45) is -6.01. The Balaban J connectivity index is 2.14. The van der Waals surface area contributed by atoms with Gasteiger partial charge in [0, 0.05) is 25.9 Å². The van der Waals surface area contributed by atoms with Crippen molar-refractivity contribution in [2.75, 3.05) is 20.2 Å². The number of amides is 1. The fraction of sp³-hybridized carbons (Fsp3) is 0.500. The van der Waals surface area contributed by atoms with E-state index >= 15 is 0 Å². The molecule has 0 bridgehead atoms.